The number of rotatable bonds is 1. The molecule has 0 aromatic carbocycles. The lowest BCUT2D eigenvalue weighted by molar-refractivity contribution is -0.174. The third kappa shape index (κ3) is 2.79. The zero-order valence-electron chi connectivity index (χ0n) is 8.43. The van der Waals surface area contributed by atoms with E-state index in [1.807, 2.05) is 12.1 Å². The van der Waals surface area contributed by atoms with Gasteiger partial charge in [-0.25, -0.2) is 0 Å². The molecule has 0 unspecified atom stereocenters. The molecule has 92 valence electrons. The Labute approximate surface area is 91.7 Å². The molecule has 4 atom stereocenters. The summed E-state index contributed by atoms with van der Waals surface area (Å²) in [5, 5.41) is 35.5. The number of hydrogen-bond acceptors (Lipinski definition) is 7. The van der Waals surface area contributed by atoms with E-state index in [9.17, 15) is 0 Å². The summed E-state index contributed by atoms with van der Waals surface area (Å²) in [7, 11) is 0. The highest BCUT2D eigenvalue weighted by molar-refractivity contribution is 4.94. The monoisotopic (exact) mass is 233 g/mol. The van der Waals surface area contributed by atoms with E-state index in [4.69, 9.17) is 26.2 Å². The molecule has 0 saturated carbocycles. The summed E-state index contributed by atoms with van der Waals surface area (Å²) in [4.78, 5) is 0. The van der Waals surface area contributed by atoms with Crippen molar-refractivity contribution in [3.63, 3.8) is 0 Å². The van der Waals surface area contributed by atoms with Gasteiger partial charge in [0.2, 0.25) is 6.29 Å². The molecule has 16 heavy (non-hydrogen) atoms. The zero-order valence-corrected chi connectivity index (χ0v) is 8.43. The summed E-state index contributed by atoms with van der Waals surface area (Å²) in [5.74, 6) is 0. The molecule has 7 nitrogen and oxygen atoms in total. The van der Waals surface area contributed by atoms with Crippen LogP contribution < -0.4 is 5.73 Å². The molecule has 0 bridgehead atoms. The molecule has 7 heteroatoms. The standard InChI is InChI=1S/C5H11NO5.C4H4O/c6-5(10)3(8)2(1-7)11-4(5)9;1-2-4-5-3-1/h2-4,7-10H,1,6H2;1-4H/t2-,3-,4+,5-;/m0./s1. The van der Waals surface area contributed by atoms with Crippen LogP contribution in [-0.4, -0.2) is 51.3 Å². The van der Waals surface area contributed by atoms with Gasteiger partial charge in [-0.1, -0.05) is 0 Å². The maximum absolute atomic E-state index is 9.07. The quantitative estimate of drug-likeness (QED) is 0.354. The van der Waals surface area contributed by atoms with Crippen molar-refractivity contribution in [2.45, 2.75) is 24.2 Å². The maximum Gasteiger partial charge on any atom is 0.200 e. The Morgan fingerprint density at radius 3 is 2.00 bits per heavy atom. The number of aliphatic hydroxyl groups excluding tert-OH is 3. The van der Waals surface area contributed by atoms with Crippen molar-refractivity contribution in [3.8, 4) is 0 Å². The van der Waals surface area contributed by atoms with Gasteiger partial charge in [0.25, 0.3) is 0 Å². The summed E-state index contributed by atoms with van der Waals surface area (Å²) in [5.41, 5.74) is 2.86. The first-order valence-electron chi connectivity index (χ1n) is 4.61. The fourth-order valence-electron chi connectivity index (χ4n) is 1.16. The van der Waals surface area contributed by atoms with Crippen LogP contribution >= 0.6 is 0 Å². The molecular weight excluding hydrogens is 218 g/mol. The first-order chi connectivity index (χ1) is 7.50. The molecule has 6 N–H and O–H groups in total. The molecule has 1 aromatic rings. The normalized spacial score (nSPS) is 37.9. The van der Waals surface area contributed by atoms with E-state index in [-0.39, 0.29) is 0 Å². The Morgan fingerprint density at radius 2 is 1.81 bits per heavy atom. The Kier molecular flexibility index (Phi) is 4.42. The Bertz CT molecular complexity index is 271. The molecule has 1 fully saturated rings. The van der Waals surface area contributed by atoms with E-state index in [2.05, 4.69) is 9.15 Å². The second-order valence-corrected chi connectivity index (χ2v) is 3.33. The Balaban J connectivity index is 0.000000212. The second kappa shape index (κ2) is 5.39. The summed E-state index contributed by atoms with van der Waals surface area (Å²) in [6.45, 7) is -0.502. The molecular formula is C9H15NO6. The average Bonchev–Trinajstić information content (AvgIpc) is 2.87. The van der Waals surface area contributed by atoms with Crippen LogP contribution in [0.3, 0.4) is 0 Å². The van der Waals surface area contributed by atoms with Gasteiger partial charge in [0.05, 0.1) is 19.1 Å². The minimum Gasteiger partial charge on any atom is -0.473 e. The fourth-order valence-corrected chi connectivity index (χ4v) is 1.16. The minimum atomic E-state index is -2.19. The summed E-state index contributed by atoms with van der Waals surface area (Å²) >= 11 is 0. The summed E-state index contributed by atoms with van der Waals surface area (Å²) in [6.07, 6.45) is -0.905. The highest BCUT2D eigenvalue weighted by atomic mass is 16.7. The van der Waals surface area contributed by atoms with Crippen LogP contribution in [0, 0.1) is 0 Å². The average molecular weight is 233 g/mol. The number of aliphatic hydroxyl groups is 4. The second-order valence-electron chi connectivity index (χ2n) is 3.33. The summed E-state index contributed by atoms with van der Waals surface area (Å²) < 4.78 is 9.10. The van der Waals surface area contributed by atoms with Crippen LogP contribution in [0.1, 0.15) is 0 Å². The predicted molar refractivity (Wildman–Crippen MR) is 51.8 cm³/mol. The third-order valence-electron chi connectivity index (χ3n) is 2.13. The molecule has 0 radical (unpaired) electrons. The van der Waals surface area contributed by atoms with Crippen molar-refractivity contribution in [2.24, 2.45) is 5.73 Å². The molecule has 1 saturated heterocycles. The van der Waals surface area contributed by atoms with E-state index in [0.717, 1.165) is 0 Å². The zero-order chi connectivity index (χ0) is 12.2. The van der Waals surface area contributed by atoms with Gasteiger partial charge in [-0.2, -0.15) is 0 Å². The minimum absolute atomic E-state index is 0.502. The van der Waals surface area contributed by atoms with Crippen LogP contribution in [0.15, 0.2) is 29.1 Å². The van der Waals surface area contributed by atoms with Crippen molar-refractivity contribution < 1.29 is 29.6 Å². The number of furan rings is 1. The molecule has 0 spiro atoms. The van der Waals surface area contributed by atoms with E-state index in [0.29, 0.717) is 0 Å². The van der Waals surface area contributed by atoms with Gasteiger partial charge >= 0.3 is 0 Å². The largest absolute Gasteiger partial charge is 0.473 e. The smallest absolute Gasteiger partial charge is 0.200 e. The van der Waals surface area contributed by atoms with Gasteiger partial charge in [-0.15, -0.1) is 0 Å². The topological polar surface area (TPSA) is 129 Å². The number of ether oxygens (including phenoxy) is 1. The maximum atomic E-state index is 9.07. The highest BCUT2D eigenvalue weighted by Crippen LogP contribution is 2.24. The lowest BCUT2D eigenvalue weighted by atomic mass is 10.1. The fraction of sp³-hybridized carbons (Fsp3) is 0.556. The lowest BCUT2D eigenvalue weighted by Gasteiger charge is -2.22. The number of hydrogen-bond donors (Lipinski definition) is 5. The number of nitrogens with two attached hydrogens (primary N) is 1. The van der Waals surface area contributed by atoms with Crippen molar-refractivity contribution >= 4 is 0 Å². The van der Waals surface area contributed by atoms with Gasteiger partial charge < -0.3 is 29.6 Å². The van der Waals surface area contributed by atoms with Crippen LogP contribution in [0.4, 0.5) is 0 Å². The van der Waals surface area contributed by atoms with Crippen LogP contribution in [0.2, 0.25) is 0 Å². The molecule has 2 rings (SSSR count). The van der Waals surface area contributed by atoms with E-state index in [1.54, 1.807) is 12.5 Å². The predicted octanol–water partition coefficient (Wildman–Crippen LogP) is -2.02. The lowest BCUT2D eigenvalue weighted by Crippen LogP contribution is -2.56. The van der Waals surface area contributed by atoms with Gasteiger partial charge in [0, 0.05) is 0 Å². The third-order valence-corrected chi connectivity index (χ3v) is 2.13. The molecule has 1 aliphatic heterocycles. The molecule has 2 heterocycles. The van der Waals surface area contributed by atoms with Crippen LogP contribution in [-0.2, 0) is 4.74 Å². The molecule has 1 aliphatic rings. The SMILES string of the molecule is N[C@@]1(O)[C@H](O)O[C@@H](CO)[C@@H]1O.c1ccoc1. The summed E-state index contributed by atoms with van der Waals surface area (Å²) in [6, 6.07) is 3.67. The first kappa shape index (κ1) is 13.1. The van der Waals surface area contributed by atoms with Crippen LogP contribution in [0.25, 0.3) is 0 Å². The molecule has 0 aliphatic carbocycles. The highest BCUT2D eigenvalue weighted by Gasteiger charge is 2.52. The van der Waals surface area contributed by atoms with E-state index in [1.165, 1.54) is 0 Å². The van der Waals surface area contributed by atoms with Crippen molar-refractivity contribution in [3.05, 3.63) is 24.7 Å². The van der Waals surface area contributed by atoms with Gasteiger partial charge in [-0.3, -0.25) is 5.73 Å². The Morgan fingerprint density at radius 1 is 1.25 bits per heavy atom. The van der Waals surface area contributed by atoms with Gasteiger partial charge in [0.1, 0.15) is 12.2 Å². The van der Waals surface area contributed by atoms with Crippen molar-refractivity contribution in [1.29, 1.82) is 0 Å². The van der Waals surface area contributed by atoms with Crippen LogP contribution in [0.5, 0.6) is 0 Å². The van der Waals surface area contributed by atoms with Gasteiger partial charge in [0.15, 0.2) is 5.72 Å². The van der Waals surface area contributed by atoms with E-state index >= 15 is 0 Å². The molecule has 0 amide bonds. The molecule has 1 aromatic heterocycles. The first-order valence-corrected chi connectivity index (χ1v) is 4.61. The van der Waals surface area contributed by atoms with Gasteiger partial charge in [-0.05, 0) is 12.1 Å². The van der Waals surface area contributed by atoms with E-state index < -0.39 is 30.8 Å². The van der Waals surface area contributed by atoms with Crippen molar-refractivity contribution in [2.75, 3.05) is 6.61 Å². The Hall–Kier alpha value is -0.960. The van der Waals surface area contributed by atoms with Crippen molar-refractivity contribution in [1.82, 2.24) is 0 Å².